The quantitative estimate of drug-likeness (QED) is 0.609. The minimum atomic E-state index is -3.80. The number of aromatic nitrogens is 4. The van der Waals surface area contributed by atoms with Crippen molar-refractivity contribution in [2.24, 2.45) is 0 Å². The first kappa shape index (κ1) is 18.1. The fraction of sp³-hybridized carbons (Fsp3) is 0.312. The van der Waals surface area contributed by atoms with Gasteiger partial charge in [0.05, 0.1) is 12.2 Å². The minimum Gasteiger partial charge on any atom is -0.593 e. The van der Waals surface area contributed by atoms with E-state index in [1.165, 1.54) is 13.6 Å². The van der Waals surface area contributed by atoms with Crippen molar-refractivity contribution >= 4 is 22.0 Å². The Morgan fingerprint density at radius 2 is 1.93 bits per heavy atom. The Hall–Kier alpha value is -2.27. The molecule has 1 aliphatic heterocycles. The molecule has 0 fully saturated rings. The van der Waals surface area contributed by atoms with E-state index in [2.05, 4.69) is 10.3 Å². The number of hydrogen-bond acceptors (Lipinski definition) is 6. The van der Waals surface area contributed by atoms with Crippen LogP contribution in [0.3, 0.4) is 0 Å². The van der Waals surface area contributed by atoms with Crippen molar-refractivity contribution < 1.29 is 13.3 Å². The van der Waals surface area contributed by atoms with Gasteiger partial charge in [0, 0.05) is 18.5 Å². The van der Waals surface area contributed by atoms with Crippen molar-refractivity contribution in [3.8, 4) is 5.69 Å². The number of aryl methyl sites for hydroxylation is 2. The second kappa shape index (κ2) is 6.41. The van der Waals surface area contributed by atoms with E-state index in [-0.39, 0.29) is 36.0 Å². The van der Waals surface area contributed by atoms with Crippen LogP contribution in [0.1, 0.15) is 17.3 Å². The molecule has 3 heterocycles. The van der Waals surface area contributed by atoms with Gasteiger partial charge in [-0.15, -0.1) is 9.40 Å². The lowest BCUT2D eigenvalue weighted by Crippen LogP contribution is -2.44. The molecule has 1 atom stereocenters. The Bertz CT molecular complexity index is 1100. The summed E-state index contributed by atoms with van der Waals surface area (Å²) in [5.41, 5.74) is 0.551. The van der Waals surface area contributed by atoms with E-state index in [4.69, 9.17) is 16.1 Å². The van der Waals surface area contributed by atoms with Crippen LogP contribution >= 0.6 is 11.6 Å². The molecule has 1 unspecified atom stereocenters. The summed E-state index contributed by atoms with van der Waals surface area (Å²) < 4.78 is 35.0. The van der Waals surface area contributed by atoms with E-state index in [0.717, 1.165) is 0 Å². The van der Waals surface area contributed by atoms with E-state index in [1.54, 1.807) is 38.1 Å². The van der Waals surface area contributed by atoms with Gasteiger partial charge in [-0.1, -0.05) is 21.0 Å². The van der Waals surface area contributed by atoms with Gasteiger partial charge in [-0.05, 0) is 31.2 Å². The lowest BCUT2D eigenvalue weighted by atomic mass is 10.3. The van der Waals surface area contributed by atoms with E-state index in [0.29, 0.717) is 22.2 Å². The van der Waals surface area contributed by atoms with E-state index < -0.39 is 10.4 Å². The molecule has 9 nitrogen and oxygen atoms in total. The van der Waals surface area contributed by atoms with Crippen LogP contribution in [0.25, 0.3) is 5.69 Å². The largest absolute Gasteiger partial charge is 0.593 e. The lowest BCUT2D eigenvalue weighted by molar-refractivity contribution is 0.298. The maximum Gasteiger partial charge on any atom is 0.350 e. The summed E-state index contributed by atoms with van der Waals surface area (Å²) in [4.78, 5) is 12.7. The molecule has 11 heteroatoms. The van der Waals surface area contributed by atoms with Crippen LogP contribution in [0.5, 0.6) is 0 Å². The molecule has 0 saturated carbocycles. The maximum absolute atomic E-state index is 13.0. The van der Waals surface area contributed by atoms with Gasteiger partial charge in [-0.3, -0.25) is 4.57 Å². The molecule has 27 heavy (non-hydrogen) atoms. The molecule has 1 aliphatic rings. The second-order valence-electron chi connectivity index (χ2n) is 6.23. The predicted octanol–water partition coefficient (Wildman–Crippen LogP) is 1.71. The van der Waals surface area contributed by atoms with E-state index >= 15 is 0 Å². The standard InChI is InChI=1S/C16H16ClN5O4S/c1-10-15(11(2)26-19-10)27(24,25)20-7-8-21-14(9-20)18-22(16(21)23)13-5-3-12(17)4-6-13/h3-6H,7-9H2,1-2H3. The van der Waals surface area contributed by atoms with Gasteiger partial charge in [-0.2, -0.15) is 4.68 Å². The van der Waals surface area contributed by atoms with Crippen LogP contribution in [-0.4, -0.2) is 34.9 Å². The predicted molar refractivity (Wildman–Crippen MR) is 96.3 cm³/mol. The van der Waals surface area contributed by atoms with Crippen LogP contribution in [0.2, 0.25) is 5.02 Å². The molecule has 0 bridgehead atoms. The number of fused-ring (bicyclic) bond motifs is 1. The van der Waals surface area contributed by atoms with E-state index in [9.17, 15) is 13.6 Å². The van der Waals surface area contributed by atoms with Crippen molar-refractivity contribution in [1.29, 1.82) is 0 Å². The molecule has 0 N–H and O–H groups in total. The Morgan fingerprint density at radius 1 is 1.22 bits per heavy atom. The molecule has 0 aliphatic carbocycles. The van der Waals surface area contributed by atoms with Crippen LogP contribution in [0.4, 0.5) is 0 Å². The van der Waals surface area contributed by atoms with Gasteiger partial charge >= 0.3 is 5.69 Å². The number of rotatable bonds is 3. The second-order valence-corrected chi connectivity index (χ2v) is 8.54. The van der Waals surface area contributed by atoms with Crippen molar-refractivity contribution in [1.82, 2.24) is 23.8 Å². The summed E-state index contributed by atoms with van der Waals surface area (Å²) in [5.74, 6) is 0.610. The molecule has 1 aromatic carbocycles. The Labute approximate surface area is 160 Å². The number of nitrogens with zero attached hydrogens (tertiary/aromatic N) is 5. The van der Waals surface area contributed by atoms with Crippen LogP contribution in [0.15, 0.2) is 38.5 Å². The fourth-order valence-electron chi connectivity index (χ4n) is 3.15. The molecule has 4 rings (SSSR count). The molecule has 0 amide bonds. The molecule has 2 aromatic heterocycles. The minimum absolute atomic E-state index is 0.0117. The van der Waals surface area contributed by atoms with Crippen molar-refractivity contribution in [3.63, 3.8) is 0 Å². The average Bonchev–Trinajstić information content (AvgIpc) is 3.15. The molecular formula is C16H16ClN5O4S. The summed E-state index contributed by atoms with van der Waals surface area (Å²) in [6.07, 6.45) is 0. The zero-order valence-corrected chi connectivity index (χ0v) is 16.2. The number of sulfonamides is 1. The zero-order valence-electron chi connectivity index (χ0n) is 14.6. The smallest absolute Gasteiger partial charge is 0.350 e. The SMILES string of the molecule is Cc1noc(C)c1[S+](=O)([O-])N1CCn2c(nn(-c3ccc(Cl)cc3)c2=O)C1. The normalized spacial score (nSPS) is 16.9. The first-order valence-electron chi connectivity index (χ1n) is 8.17. The monoisotopic (exact) mass is 409 g/mol. The summed E-state index contributed by atoms with van der Waals surface area (Å²) in [6, 6.07) is 6.69. The van der Waals surface area contributed by atoms with Crippen LogP contribution in [-0.2, 0) is 27.7 Å². The molecule has 0 radical (unpaired) electrons. The van der Waals surface area contributed by atoms with Gasteiger partial charge in [-0.25, -0.2) is 4.79 Å². The lowest BCUT2D eigenvalue weighted by Gasteiger charge is -2.29. The van der Waals surface area contributed by atoms with Gasteiger partial charge in [0.1, 0.15) is 12.2 Å². The molecule has 142 valence electrons. The average molecular weight is 410 g/mol. The van der Waals surface area contributed by atoms with Crippen molar-refractivity contribution in [3.05, 3.63) is 57.1 Å². The van der Waals surface area contributed by atoms with Crippen molar-refractivity contribution in [2.45, 2.75) is 31.8 Å². The third-order valence-corrected chi connectivity index (χ3v) is 6.81. The summed E-state index contributed by atoms with van der Waals surface area (Å²) in [7, 11) is -3.80. The van der Waals surface area contributed by atoms with Gasteiger partial charge in [0.25, 0.3) is 0 Å². The van der Waals surface area contributed by atoms with Gasteiger partial charge in [0.15, 0.2) is 22.0 Å². The summed E-state index contributed by atoms with van der Waals surface area (Å²) in [5, 5.41) is 8.59. The number of benzene rings is 1. The fourth-order valence-corrected chi connectivity index (χ4v) is 4.96. The van der Waals surface area contributed by atoms with Crippen LogP contribution < -0.4 is 5.69 Å². The highest BCUT2D eigenvalue weighted by Crippen LogP contribution is 2.29. The molecule has 0 saturated heterocycles. The summed E-state index contributed by atoms with van der Waals surface area (Å²) >= 11 is 5.88. The van der Waals surface area contributed by atoms with E-state index in [1.807, 2.05) is 0 Å². The molecule has 0 spiro atoms. The number of halogens is 1. The van der Waals surface area contributed by atoms with Gasteiger partial charge < -0.3 is 9.08 Å². The van der Waals surface area contributed by atoms with Gasteiger partial charge in [0.2, 0.25) is 4.90 Å². The highest BCUT2D eigenvalue weighted by atomic mass is 35.5. The Morgan fingerprint density at radius 3 is 2.56 bits per heavy atom. The third-order valence-electron chi connectivity index (χ3n) is 4.47. The zero-order chi connectivity index (χ0) is 19.3. The first-order chi connectivity index (χ1) is 12.8. The van der Waals surface area contributed by atoms with Crippen LogP contribution in [0, 0.1) is 13.8 Å². The first-order valence-corrected chi connectivity index (χ1v) is 9.98. The Kier molecular flexibility index (Phi) is 4.30. The Balaban J connectivity index is 1.70. The summed E-state index contributed by atoms with van der Waals surface area (Å²) in [6.45, 7) is 3.50. The number of hydrogen-bond donors (Lipinski definition) is 0. The highest BCUT2D eigenvalue weighted by molar-refractivity contribution is 7.95. The molecular weight excluding hydrogens is 394 g/mol. The maximum atomic E-state index is 13.0. The highest BCUT2D eigenvalue weighted by Gasteiger charge is 2.39. The third kappa shape index (κ3) is 2.94. The van der Waals surface area contributed by atoms with Crippen molar-refractivity contribution in [2.75, 3.05) is 6.54 Å². The molecule has 3 aromatic rings. The topological polar surface area (TPSA) is 109 Å².